The number of rotatable bonds is 8. The lowest BCUT2D eigenvalue weighted by Crippen LogP contribution is -2.22. The van der Waals surface area contributed by atoms with Gasteiger partial charge >= 0.3 is 0 Å². The number of nitrogens with zero attached hydrogens (tertiary/aromatic N) is 6. The average molecular weight is 471 g/mol. The van der Waals surface area contributed by atoms with Crippen LogP contribution in [0.2, 0.25) is 0 Å². The number of benzene rings is 2. The summed E-state index contributed by atoms with van der Waals surface area (Å²) >= 11 is 9.06. The molecule has 0 aliphatic rings. The van der Waals surface area contributed by atoms with E-state index >= 15 is 0 Å². The molecule has 4 rings (SSSR count). The molecule has 0 aliphatic carbocycles. The smallest absolute Gasteiger partial charge is 0.198 e. The SMILES string of the molecule is CN(Cc1ccc(N(C)C)cc1)Cn1nc(CSc2nc3ccccc3s2)n(C)c1=S. The van der Waals surface area contributed by atoms with Crippen LogP contribution in [0.15, 0.2) is 52.9 Å². The third-order valence-electron chi connectivity index (χ3n) is 5.01. The third kappa shape index (κ3) is 5.17. The van der Waals surface area contributed by atoms with E-state index in [0.717, 1.165) is 32.7 Å². The number of anilines is 1. The fourth-order valence-corrected chi connectivity index (χ4v) is 5.53. The Morgan fingerprint density at radius 2 is 1.81 bits per heavy atom. The molecule has 0 amide bonds. The molecule has 0 fully saturated rings. The maximum Gasteiger partial charge on any atom is 0.198 e. The fourth-order valence-electron chi connectivity index (χ4n) is 3.28. The molecule has 4 aromatic rings. The van der Waals surface area contributed by atoms with E-state index in [0.29, 0.717) is 6.67 Å². The lowest BCUT2D eigenvalue weighted by Gasteiger charge is -2.18. The molecule has 2 aromatic heterocycles. The lowest BCUT2D eigenvalue weighted by molar-refractivity contribution is 0.243. The molecule has 0 bridgehead atoms. The summed E-state index contributed by atoms with van der Waals surface area (Å²) in [6.07, 6.45) is 0. The van der Waals surface area contributed by atoms with Crippen LogP contribution >= 0.6 is 35.3 Å². The van der Waals surface area contributed by atoms with E-state index in [4.69, 9.17) is 22.3 Å². The second kappa shape index (κ2) is 9.52. The summed E-state index contributed by atoms with van der Waals surface area (Å²) in [6, 6.07) is 16.9. The summed E-state index contributed by atoms with van der Waals surface area (Å²) < 4.78 is 6.89. The van der Waals surface area contributed by atoms with Gasteiger partial charge in [-0.05, 0) is 49.1 Å². The largest absolute Gasteiger partial charge is 0.378 e. The molecule has 0 spiro atoms. The van der Waals surface area contributed by atoms with Crippen molar-refractivity contribution in [3.05, 3.63) is 64.7 Å². The van der Waals surface area contributed by atoms with Gasteiger partial charge in [-0.15, -0.1) is 11.3 Å². The molecule has 0 aliphatic heterocycles. The van der Waals surface area contributed by atoms with Crippen LogP contribution in [0.1, 0.15) is 11.4 Å². The normalized spacial score (nSPS) is 11.5. The highest BCUT2D eigenvalue weighted by atomic mass is 32.2. The second-order valence-electron chi connectivity index (χ2n) is 7.71. The number of thiazole rings is 1. The number of hydrogen-bond donors (Lipinski definition) is 0. The van der Waals surface area contributed by atoms with Crippen LogP contribution in [0.5, 0.6) is 0 Å². The molecule has 0 radical (unpaired) electrons. The van der Waals surface area contributed by atoms with Crippen molar-refractivity contribution < 1.29 is 0 Å². The third-order valence-corrected chi connectivity index (χ3v) is 7.67. The van der Waals surface area contributed by atoms with E-state index in [1.54, 1.807) is 23.1 Å². The molecule has 2 aromatic carbocycles. The fraction of sp³-hybridized carbons (Fsp3) is 0.318. The van der Waals surface area contributed by atoms with E-state index in [9.17, 15) is 0 Å². The molecule has 31 heavy (non-hydrogen) atoms. The van der Waals surface area contributed by atoms with E-state index in [-0.39, 0.29) is 0 Å². The zero-order valence-corrected chi connectivity index (χ0v) is 20.6. The Labute approximate surface area is 196 Å². The molecule has 0 N–H and O–H groups in total. The molecule has 0 atom stereocenters. The Kier molecular flexibility index (Phi) is 6.76. The van der Waals surface area contributed by atoms with Crippen molar-refractivity contribution in [1.82, 2.24) is 24.2 Å². The minimum Gasteiger partial charge on any atom is -0.378 e. The average Bonchev–Trinajstić information content (AvgIpc) is 3.28. The van der Waals surface area contributed by atoms with Crippen molar-refractivity contribution in [2.24, 2.45) is 7.05 Å². The van der Waals surface area contributed by atoms with Crippen LogP contribution in [-0.2, 0) is 26.0 Å². The summed E-state index contributed by atoms with van der Waals surface area (Å²) in [5.74, 6) is 1.70. The standard InChI is InChI=1S/C22H26N6S3/c1-25(2)17-11-9-16(10-12-17)13-26(3)15-28-22(29)27(4)20(24-28)14-30-21-23-18-7-5-6-8-19(18)31-21/h5-12H,13-15H2,1-4H3. The highest BCUT2D eigenvalue weighted by Gasteiger charge is 2.12. The number of fused-ring (bicyclic) bond motifs is 1. The van der Waals surface area contributed by atoms with Gasteiger partial charge < -0.3 is 9.47 Å². The van der Waals surface area contributed by atoms with E-state index in [1.165, 1.54) is 16.0 Å². The predicted molar refractivity (Wildman–Crippen MR) is 133 cm³/mol. The highest BCUT2D eigenvalue weighted by Crippen LogP contribution is 2.31. The topological polar surface area (TPSA) is 42.1 Å². The Balaban J connectivity index is 1.40. The minimum atomic E-state index is 0.647. The lowest BCUT2D eigenvalue weighted by atomic mass is 10.2. The molecule has 9 heteroatoms. The van der Waals surface area contributed by atoms with E-state index in [2.05, 4.69) is 67.3 Å². The maximum absolute atomic E-state index is 5.64. The van der Waals surface area contributed by atoms with Gasteiger partial charge in [0.25, 0.3) is 0 Å². The Morgan fingerprint density at radius 3 is 2.52 bits per heavy atom. The molecule has 162 valence electrons. The Hall–Kier alpha value is -2.20. The first kappa shape index (κ1) is 22.0. The first-order chi connectivity index (χ1) is 14.9. The van der Waals surface area contributed by atoms with Crippen LogP contribution in [0.4, 0.5) is 5.69 Å². The van der Waals surface area contributed by atoms with Crippen LogP contribution in [0.25, 0.3) is 10.2 Å². The van der Waals surface area contributed by atoms with Gasteiger partial charge in [-0.1, -0.05) is 36.0 Å². The van der Waals surface area contributed by atoms with Gasteiger partial charge in [0.05, 0.1) is 22.6 Å². The van der Waals surface area contributed by atoms with Gasteiger partial charge in [-0.2, -0.15) is 5.10 Å². The van der Waals surface area contributed by atoms with Crippen molar-refractivity contribution in [3.63, 3.8) is 0 Å². The summed E-state index contributed by atoms with van der Waals surface area (Å²) in [5.41, 5.74) is 3.52. The zero-order valence-electron chi connectivity index (χ0n) is 18.1. The van der Waals surface area contributed by atoms with Crippen LogP contribution < -0.4 is 4.90 Å². The van der Waals surface area contributed by atoms with Crippen molar-refractivity contribution >= 4 is 51.2 Å². The van der Waals surface area contributed by atoms with Crippen LogP contribution in [0, 0.1) is 4.77 Å². The summed E-state index contributed by atoms with van der Waals surface area (Å²) in [5, 5.41) is 4.78. The van der Waals surface area contributed by atoms with Gasteiger partial charge in [0.1, 0.15) is 5.82 Å². The van der Waals surface area contributed by atoms with Crippen LogP contribution in [0.3, 0.4) is 0 Å². The predicted octanol–water partition coefficient (Wildman–Crippen LogP) is 5.01. The van der Waals surface area contributed by atoms with E-state index in [1.807, 2.05) is 28.4 Å². The Morgan fingerprint density at radius 1 is 1.06 bits per heavy atom. The molecule has 2 heterocycles. The molecular formula is C22H26N6S3. The van der Waals surface area contributed by atoms with Crippen molar-refractivity contribution in [3.8, 4) is 0 Å². The van der Waals surface area contributed by atoms with Gasteiger partial charge in [-0.25, -0.2) is 9.67 Å². The molecular weight excluding hydrogens is 444 g/mol. The number of para-hydroxylation sites is 1. The van der Waals surface area contributed by atoms with Crippen LogP contribution in [-0.4, -0.2) is 45.4 Å². The van der Waals surface area contributed by atoms with Gasteiger partial charge in [0.2, 0.25) is 0 Å². The Bertz CT molecular complexity index is 1190. The first-order valence-electron chi connectivity index (χ1n) is 9.96. The molecule has 0 saturated heterocycles. The van der Waals surface area contributed by atoms with Crippen molar-refractivity contribution in [2.75, 3.05) is 26.0 Å². The molecule has 6 nitrogen and oxygen atoms in total. The number of aromatic nitrogens is 4. The van der Waals surface area contributed by atoms with Gasteiger partial charge in [-0.3, -0.25) is 4.90 Å². The summed E-state index contributed by atoms with van der Waals surface area (Å²) in [4.78, 5) is 9.03. The van der Waals surface area contributed by atoms with Gasteiger partial charge in [0, 0.05) is 33.4 Å². The number of hydrogen-bond acceptors (Lipinski definition) is 7. The monoisotopic (exact) mass is 470 g/mol. The second-order valence-corrected chi connectivity index (χ2v) is 10.3. The minimum absolute atomic E-state index is 0.647. The molecule has 0 saturated carbocycles. The molecule has 0 unspecified atom stereocenters. The maximum atomic E-state index is 5.64. The van der Waals surface area contributed by atoms with Gasteiger partial charge in [0.15, 0.2) is 9.11 Å². The van der Waals surface area contributed by atoms with Crippen molar-refractivity contribution in [1.29, 1.82) is 0 Å². The van der Waals surface area contributed by atoms with E-state index < -0.39 is 0 Å². The highest BCUT2D eigenvalue weighted by molar-refractivity contribution is 8.00. The summed E-state index contributed by atoms with van der Waals surface area (Å²) in [6.45, 7) is 1.48. The summed E-state index contributed by atoms with van der Waals surface area (Å²) in [7, 11) is 8.18. The van der Waals surface area contributed by atoms with Crippen molar-refractivity contribution in [2.45, 2.75) is 23.3 Å². The quantitative estimate of drug-likeness (QED) is 0.266. The first-order valence-corrected chi connectivity index (χ1v) is 12.2. The zero-order chi connectivity index (χ0) is 22.0. The number of thioether (sulfide) groups is 1.